The molecule has 0 spiro atoms. The van der Waals surface area contributed by atoms with E-state index in [0.29, 0.717) is 27.5 Å². The molecule has 3 amide bonds. The Kier molecular flexibility index (Phi) is 8.63. The number of amides is 3. The third kappa shape index (κ3) is 6.27. The van der Waals surface area contributed by atoms with Crippen molar-refractivity contribution in [3.8, 4) is 0 Å². The molecule has 0 fully saturated rings. The van der Waals surface area contributed by atoms with Gasteiger partial charge < -0.3 is 30.4 Å². The monoisotopic (exact) mass is 498 g/mol. The number of nitrogens with one attached hydrogen (secondary N) is 4. The van der Waals surface area contributed by atoms with Gasteiger partial charge in [0.05, 0.1) is 42.0 Å². The Morgan fingerprint density at radius 1 is 1.06 bits per heavy atom. The van der Waals surface area contributed by atoms with E-state index in [1.807, 2.05) is 0 Å². The summed E-state index contributed by atoms with van der Waals surface area (Å²) in [7, 11) is 1.48. The molecule has 2 aromatic heterocycles. The number of para-hydroxylation sites is 1. The van der Waals surface area contributed by atoms with E-state index in [1.54, 1.807) is 50.2 Å². The summed E-state index contributed by atoms with van der Waals surface area (Å²) in [6, 6.07) is 10.2. The van der Waals surface area contributed by atoms with Crippen molar-refractivity contribution in [2.75, 3.05) is 30.8 Å². The molecule has 184 valence electrons. The predicted molar refractivity (Wildman–Crippen MR) is 132 cm³/mol. The largest absolute Gasteiger partial charge is 0.467 e. The second kappa shape index (κ2) is 11.8. The Bertz CT molecular complexity index is 1220. The first-order valence-electron chi connectivity index (χ1n) is 10.8. The van der Waals surface area contributed by atoms with Gasteiger partial charge in [-0.2, -0.15) is 0 Å². The zero-order valence-electron chi connectivity index (χ0n) is 19.5. The number of benzene rings is 1. The zero-order chi connectivity index (χ0) is 25.4. The minimum Gasteiger partial charge on any atom is -0.467 e. The van der Waals surface area contributed by atoms with Gasteiger partial charge in [-0.25, -0.2) is 4.79 Å². The Balaban J connectivity index is 1.70. The third-order valence-corrected chi connectivity index (χ3v) is 6.13. The van der Waals surface area contributed by atoms with Crippen molar-refractivity contribution in [2.45, 2.75) is 20.4 Å². The summed E-state index contributed by atoms with van der Waals surface area (Å²) in [5, 5.41) is 11.1. The normalized spacial score (nSPS) is 10.4. The van der Waals surface area contributed by atoms with Gasteiger partial charge in [-0.15, -0.1) is 11.3 Å². The van der Waals surface area contributed by atoms with E-state index in [0.717, 1.165) is 11.3 Å². The molecule has 0 aliphatic carbocycles. The maximum absolute atomic E-state index is 12.7. The highest BCUT2D eigenvalue weighted by Gasteiger charge is 2.26. The lowest BCUT2D eigenvalue weighted by atomic mass is 10.1. The molecule has 3 rings (SSSR count). The van der Waals surface area contributed by atoms with Crippen LogP contribution in [0.2, 0.25) is 0 Å². The van der Waals surface area contributed by atoms with E-state index in [1.165, 1.54) is 13.3 Å². The van der Waals surface area contributed by atoms with E-state index in [-0.39, 0.29) is 42.1 Å². The van der Waals surface area contributed by atoms with E-state index in [2.05, 4.69) is 21.3 Å². The summed E-state index contributed by atoms with van der Waals surface area (Å²) < 4.78 is 10.3. The lowest BCUT2D eigenvalue weighted by Gasteiger charge is -2.12. The lowest BCUT2D eigenvalue weighted by Crippen LogP contribution is -2.26. The summed E-state index contributed by atoms with van der Waals surface area (Å²) in [5.74, 6) is -1.18. The standard InChI is InChI=1S/C24H26N4O6S/c1-4-33-24(32)19-14(2)20(22(31)25-3)35-23(19)28-18(29)13-26-17-10-6-5-9-16(17)21(30)27-12-15-8-7-11-34-15/h5-11,26H,4,12-13H2,1-3H3,(H,25,31)(H,27,30)(H,28,29). The van der Waals surface area contributed by atoms with Gasteiger partial charge in [-0.3, -0.25) is 14.4 Å². The maximum Gasteiger partial charge on any atom is 0.341 e. The van der Waals surface area contributed by atoms with Gasteiger partial charge in [0.15, 0.2) is 0 Å². The summed E-state index contributed by atoms with van der Waals surface area (Å²) in [4.78, 5) is 50.3. The Hall–Kier alpha value is -4.12. The van der Waals surface area contributed by atoms with Crippen LogP contribution in [-0.2, 0) is 16.1 Å². The second-order valence-corrected chi connectivity index (χ2v) is 8.29. The summed E-state index contributed by atoms with van der Waals surface area (Å²) in [6.45, 7) is 3.49. The van der Waals surface area contributed by atoms with Gasteiger partial charge in [-0.1, -0.05) is 12.1 Å². The van der Waals surface area contributed by atoms with Gasteiger partial charge in [0.1, 0.15) is 10.8 Å². The van der Waals surface area contributed by atoms with Gasteiger partial charge in [0.25, 0.3) is 11.8 Å². The Labute approximate surface area is 206 Å². The number of anilines is 2. The van der Waals surface area contributed by atoms with Crippen molar-refractivity contribution in [3.05, 3.63) is 70.0 Å². The van der Waals surface area contributed by atoms with Crippen LogP contribution in [0.3, 0.4) is 0 Å². The van der Waals surface area contributed by atoms with E-state index in [4.69, 9.17) is 9.15 Å². The Morgan fingerprint density at radius 2 is 1.83 bits per heavy atom. The molecule has 11 heteroatoms. The first-order chi connectivity index (χ1) is 16.8. The molecule has 0 saturated heterocycles. The molecule has 2 heterocycles. The topological polar surface area (TPSA) is 139 Å². The minimum atomic E-state index is -0.627. The quantitative estimate of drug-likeness (QED) is 0.315. The molecule has 3 aromatic rings. The number of hydrogen-bond donors (Lipinski definition) is 4. The van der Waals surface area contributed by atoms with Crippen LogP contribution >= 0.6 is 11.3 Å². The first-order valence-corrected chi connectivity index (χ1v) is 11.6. The number of esters is 1. The van der Waals surface area contributed by atoms with Crippen molar-refractivity contribution < 1.29 is 28.3 Å². The summed E-state index contributed by atoms with van der Waals surface area (Å²) >= 11 is 0.991. The molecule has 4 N–H and O–H groups in total. The van der Waals surface area contributed by atoms with E-state index < -0.39 is 11.9 Å². The number of carbonyl (C=O) groups is 4. The molecule has 35 heavy (non-hydrogen) atoms. The Morgan fingerprint density at radius 3 is 2.51 bits per heavy atom. The fourth-order valence-electron chi connectivity index (χ4n) is 3.24. The third-order valence-electron chi connectivity index (χ3n) is 4.93. The molecule has 10 nitrogen and oxygen atoms in total. The number of carbonyl (C=O) groups excluding carboxylic acids is 4. The SMILES string of the molecule is CCOC(=O)c1c(NC(=O)CNc2ccccc2C(=O)NCc2ccco2)sc(C(=O)NC)c1C. The predicted octanol–water partition coefficient (Wildman–Crippen LogP) is 3.17. The van der Waals surface area contributed by atoms with Crippen LogP contribution in [0.25, 0.3) is 0 Å². The highest BCUT2D eigenvalue weighted by atomic mass is 32.1. The van der Waals surface area contributed by atoms with Gasteiger partial charge in [-0.05, 0) is 43.7 Å². The average molecular weight is 499 g/mol. The smallest absolute Gasteiger partial charge is 0.341 e. The molecular formula is C24H26N4O6S. The minimum absolute atomic E-state index is 0.140. The molecule has 0 saturated carbocycles. The first kappa shape index (κ1) is 25.5. The molecule has 0 bridgehead atoms. The van der Waals surface area contributed by atoms with Crippen LogP contribution in [0.15, 0.2) is 47.1 Å². The van der Waals surface area contributed by atoms with Crippen LogP contribution in [0.1, 0.15) is 48.6 Å². The van der Waals surface area contributed by atoms with Crippen molar-refractivity contribution in [1.29, 1.82) is 0 Å². The second-order valence-electron chi connectivity index (χ2n) is 7.27. The van der Waals surface area contributed by atoms with Crippen molar-refractivity contribution in [2.24, 2.45) is 0 Å². The van der Waals surface area contributed by atoms with E-state index in [9.17, 15) is 19.2 Å². The molecule has 0 atom stereocenters. The summed E-state index contributed by atoms with van der Waals surface area (Å²) in [6.07, 6.45) is 1.52. The molecule has 1 aromatic carbocycles. The number of hydrogen-bond acceptors (Lipinski definition) is 8. The van der Waals surface area contributed by atoms with Crippen molar-refractivity contribution in [1.82, 2.24) is 10.6 Å². The number of furan rings is 1. The fourth-order valence-corrected chi connectivity index (χ4v) is 4.40. The van der Waals surface area contributed by atoms with Crippen LogP contribution in [0.5, 0.6) is 0 Å². The molecule has 0 radical (unpaired) electrons. The number of thiophene rings is 1. The molecule has 0 aliphatic heterocycles. The summed E-state index contributed by atoms with van der Waals surface area (Å²) in [5.41, 5.74) is 1.38. The molecule has 0 aliphatic rings. The molecular weight excluding hydrogens is 472 g/mol. The number of ether oxygens (including phenoxy) is 1. The van der Waals surface area contributed by atoms with Crippen LogP contribution in [0, 0.1) is 6.92 Å². The van der Waals surface area contributed by atoms with Gasteiger partial charge in [0.2, 0.25) is 5.91 Å². The average Bonchev–Trinajstić information content (AvgIpc) is 3.48. The van der Waals surface area contributed by atoms with Crippen LogP contribution < -0.4 is 21.3 Å². The van der Waals surface area contributed by atoms with Crippen molar-refractivity contribution in [3.63, 3.8) is 0 Å². The zero-order valence-corrected chi connectivity index (χ0v) is 20.3. The maximum atomic E-state index is 12.7. The number of rotatable bonds is 10. The lowest BCUT2D eigenvalue weighted by molar-refractivity contribution is -0.114. The highest BCUT2D eigenvalue weighted by molar-refractivity contribution is 7.18. The van der Waals surface area contributed by atoms with E-state index >= 15 is 0 Å². The molecule has 0 unspecified atom stereocenters. The van der Waals surface area contributed by atoms with Crippen LogP contribution in [0.4, 0.5) is 10.7 Å². The van der Waals surface area contributed by atoms with Gasteiger partial charge >= 0.3 is 5.97 Å². The fraction of sp³-hybridized carbons (Fsp3) is 0.250. The van der Waals surface area contributed by atoms with Crippen LogP contribution in [-0.4, -0.2) is 43.9 Å². The van der Waals surface area contributed by atoms with Crippen molar-refractivity contribution >= 4 is 45.7 Å². The highest BCUT2D eigenvalue weighted by Crippen LogP contribution is 2.33. The van der Waals surface area contributed by atoms with Gasteiger partial charge in [0, 0.05) is 12.7 Å².